The molecule has 1 N–H and O–H groups in total. The van der Waals surface area contributed by atoms with Crippen LogP contribution in [0.4, 0.5) is 5.69 Å². The molecule has 2 atom stereocenters. The molecule has 3 aromatic carbocycles. The zero-order chi connectivity index (χ0) is 29.3. The van der Waals surface area contributed by atoms with Crippen LogP contribution in [0.2, 0.25) is 5.02 Å². The van der Waals surface area contributed by atoms with Gasteiger partial charge in [-0.1, -0.05) is 42.8 Å². The molecule has 2 heterocycles. The summed E-state index contributed by atoms with van der Waals surface area (Å²) in [6.45, 7) is 11.1. The number of amides is 1. The van der Waals surface area contributed by atoms with Gasteiger partial charge in [-0.15, -0.1) is 0 Å². The Morgan fingerprint density at radius 3 is 2.27 bits per heavy atom. The lowest BCUT2D eigenvalue weighted by molar-refractivity contribution is -0.118. The van der Waals surface area contributed by atoms with E-state index < -0.39 is 5.60 Å². The van der Waals surface area contributed by atoms with E-state index in [2.05, 4.69) is 11.8 Å². The zero-order valence-electron chi connectivity index (χ0n) is 24.7. The summed E-state index contributed by atoms with van der Waals surface area (Å²) in [5.74, 6) is 1.44. The van der Waals surface area contributed by atoms with Crippen LogP contribution in [0.25, 0.3) is 0 Å². The Labute approximate surface area is 248 Å². The first-order chi connectivity index (χ1) is 19.6. The number of nitrogens with zero attached hydrogens (tertiary/aromatic N) is 2. The van der Waals surface area contributed by atoms with Crippen molar-refractivity contribution in [1.82, 2.24) is 4.90 Å². The average Bonchev–Trinajstić information content (AvgIpc) is 2.96. The first-order valence-electron chi connectivity index (χ1n) is 14.6. The first kappa shape index (κ1) is 29.4. The Morgan fingerprint density at radius 2 is 1.68 bits per heavy atom. The van der Waals surface area contributed by atoms with Crippen molar-refractivity contribution in [2.45, 2.75) is 64.7 Å². The van der Waals surface area contributed by atoms with Crippen LogP contribution in [0.5, 0.6) is 11.5 Å². The fourth-order valence-corrected chi connectivity index (χ4v) is 6.46. The fourth-order valence-electron chi connectivity index (χ4n) is 6.34. The van der Waals surface area contributed by atoms with Gasteiger partial charge in [0, 0.05) is 10.7 Å². The molecule has 0 bridgehead atoms. The van der Waals surface area contributed by atoms with Gasteiger partial charge in [0.2, 0.25) is 5.91 Å². The molecule has 0 radical (unpaired) electrons. The fraction of sp³-hybridized carbons (Fsp3) is 0.441. The summed E-state index contributed by atoms with van der Waals surface area (Å²) in [7, 11) is 1.62. The highest BCUT2D eigenvalue weighted by Crippen LogP contribution is 2.44. The minimum absolute atomic E-state index is 0.0107. The number of benzene rings is 3. The summed E-state index contributed by atoms with van der Waals surface area (Å²) in [4.78, 5) is 18.1. The van der Waals surface area contributed by atoms with E-state index in [1.807, 2.05) is 86.3 Å². The molecule has 41 heavy (non-hydrogen) atoms. The lowest BCUT2D eigenvalue weighted by Gasteiger charge is -2.40. The minimum Gasteiger partial charge on any atom is -0.493 e. The number of hydrogen-bond acceptors (Lipinski definition) is 5. The standard InChI is InChI=1S/C34H41ClN2O4/c1-6-36-17-15-26(16-18-36)34(4,39)25-9-13-28(14-10-25)37-32(38)20-24-19-30(40-5)31(41-22(2)3)21-29(24)33(37)23-7-11-27(35)12-8-23/h7-14,19,21-22,26,33,39H,6,15-18,20H2,1-5H3/t33-,34?/m0/s1. The van der Waals surface area contributed by atoms with E-state index in [-0.39, 0.29) is 30.4 Å². The zero-order valence-corrected chi connectivity index (χ0v) is 25.4. The highest BCUT2D eigenvalue weighted by atomic mass is 35.5. The maximum Gasteiger partial charge on any atom is 0.232 e. The third-order valence-electron chi connectivity index (χ3n) is 8.70. The number of halogens is 1. The molecule has 5 rings (SSSR count). The molecule has 2 aliphatic rings. The number of piperidine rings is 1. The number of rotatable bonds is 8. The van der Waals surface area contributed by atoms with Gasteiger partial charge in [-0.2, -0.15) is 0 Å². The van der Waals surface area contributed by atoms with E-state index in [1.54, 1.807) is 7.11 Å². The number of fused-ring (bicyclic) bond motifs is 1. The molecule has 218 valence electrons. The minimum atomic E-state index is -0.938. The molecular weight excluding hydrogens is 536 g/mol. The number of carbonyl (C=O) groups is 1. The molecule has 0 spiro atoms. The van der Waals surface area contributed by atoms with Crippen LogP contribution in [-0.2, 0) is 16.8 Å². The summed E-state index contributed by atoms with van der Waals surface area (Å²) < 4.78 is 11.7. The second kappa shape index (κ2) is 12.0. The molecule has 0 aromatic heterocycles. The number of anilines is 1. The van der Waals surface area contributed by atoms with Crippen molar-refractivity contribution in [2.24, 2.45) is 5.92 Å². The number of carbonyl (C=O) groups excluding carboxylic acids is 1. The van der Waals surface area contributed by atoms with Crippen LogP contribution in [0.15, 0.2) is 60.7 Å². The number of aliphatic hydroxyl groups is 1. The molecule has 1 saturated heterocycles. The summed E-state index contributed by atoms with van der Waals surface area (Å²) in [5.41, 5.74) is 3.57. The predicted octanol–water partition coefficient (Wildman–Crippen LogP) is 6.75. The summed E-state index contributed by atoms with van der Waals surface area (Å²) in [6, 6.07) is 19.1. The number of ether oxygens (including phenoxy) is 2. The molecule has 0 saturated carbocycles. The van der Waals surface area contributed by atoms with Crippen molar-refractivity contribution in [2.75, 3.05) is 31.6 Å². The van der Waals surface area contributed by atoms with E-state index in [0.717, 1.165) is 60.4 Å². The van der Waals surface area contributed by atoms with Gasteiger partial charge in [-0.3, -0.25) is 4.79 Å². The van der Waals surface area contributed by atoms with Crippen LogP contribution >= 0.6 is 11.6 Å². The van der Waals surface area contributed by atoms with Gasteiger partial charge < -0.3 is 24.4 Å². The quantitative estimate of drug-likeness (QED) is 0.321. The van der Waals surface area contributed by atoms with Gasteiger partial charge >= 0.3 is 0 Å². The first-order valence-corrected chi connectivity index (χ1v) is 15.0. The van der Waals surface area contributed by atoms with Crippen LogP contribution in [0.1, 0.15) is 68.8 Å². The summed E-state index contributed by atoms with van der Waals surface area (Å²) in [5, 5.41) is 12.3. The summed E-state index contributed by atoms with van der Waals surface area (Å²) in [6.07, 6.45) is 2.14. The molecule has 1 amide bonds. The van der Waals surface area contributed by atoms with Crippen LogP contribution in [0.3, 0.4) is 0 Å². The van der Waals surface area contributed by atoms with Crippen LogP contribution in [0, 0.1) is 5.92 Å². The third kappa shape index (κ3) is 5.97. The van der Waals surface area contributed by atoms with Gasteiger partial charge in [0.25, 0.3) is 0 Å². The van der Waals surface area contributed by atoms with E-state index in [4.69, 9.17) is 21.1 Å². The molecule has 3 aromatic rings. The van der Waals surface area contributed by atoms with Crippen molar-refractivity contribution < 1.29 is 19.4 Å². The molecule has 1 unspecified atom stereocenters. The van der Waals surface area contributed by atoms with Crippen molar-refractivity contribution in [3.63, 3.8) is 0 Å². The second-order valence-electron chi connectivity index (χ2n) is 11.7. The lowest BCUT2D eigenvalue weighted by Crippen LogP contribution is -2.42. The average molecular weight is 577 g/mol. The topological polar surface area (TPSA) is 62.2 Å². The third-order valence-corrected chi connectivity index (χ3v) is 8.95. The number of methoxy groups -OCH3 is 1. The van der Waals surface area contributed by atoms with Crippen molar-refractivity contribution in [3.8, 4) is 11.5 Å². The Balaban J connectivity index is 1.53. The Morgan fingerprint density at radius 1 is 1.02 bits per heavy atom. The molecule has 1 fully saturated rings. The van der Waals surface area contributed by atoms with Crippen molar-refractivity contribution in [1.29, 1.82) is 0 Å². The van der Waals surface area contributed by atoms with Crippen molar-refractivity contribution >= 4 is 23.2 Å². The van der Waals surface area contributed by atoms with E-state index in [1.165, 1.54) is 0 Å². The van der Waals surface area contributed by atoms with Crippen LogP contribution in [-0.4, -0.2) is 48.8 Å². The second-order valence-corrected chi connectivity index (χ2v) is 12.1. The van der Waals surface area contributed by atoms with E-state index in [9.17, 15) is 9.90 Å². The molecule has 2 aliphatic heterocycles. The Hall–Kier alpha value is -3.06. The van der Waals surface area contributed by atoms with Crippen LogP contribution < -0.4 is 14.4 Å². The molecular formula is C34H41ClN2O4. The Bertz CT molecular complexity index is 1360. The molecule has 7 heteroatoms. The molecule has 0 aliphatic carbocycles. The lowest BCUT2D eigenvalue weighted by atomic mass is 9.77. The van der Waals surface area contributed by atoms with Gasteiger partial charge in [-0.05, 0) is 118 Å². The number of hydrogen-bond donors (Lipinski definition) is 1. The summed E-state index contributed by atoms with van der Waals surface area (Å²) >= 11 is 6.25. The highest BCUT2D eigenvalue weighted by Gasteiger charge is 2.38. The Kier molecular flexibility index (Phi) is 8.65. The van der Waals surface area contributed by atoms with Crippen molar-refractivity contribution in [3.05, 3.63) is 87.9 Å². The van der Waals surface area contributed by atoms with E-state index in [0.29, 0.717) is 16.5 Å². The predicted molar refractivity (Wildman–Crippen MR) is 164 cm³/mol. The number of likely N-dealkylation sites (tertiary alicyclic amines) is 1. The van der Waals surface area contributed by atoms with Gasteiger partial charge in [0.1, 0.15) is 0 Å². The van der Waals surface area contributed by atoms with Gasteiger partial charge in [-0.25, -0.2) is 0 Å². The monoisotopic (exact) mass is 576 g/mol. The normalized spacial score (nSPS) is 19.7. The van der Waals surface area contributed by atoms with Gasteiger partial charge in [0.05, 0.1) is 31.3 Å². The maximum absolute atomic E-state index is 13.8. The largest absolute Gasteiger partial charge is 0.493 e. The SMILES string of the molecule is CCN1CCC(C(C)(O)c2ccc(N3C(=O)Cc4cc(OC)c(OC(C)C)cc4[C@@H]3c3ccc(Cl)cc3)cc2)CC1. The van der Waals surface area contributed by atoms with E-state index >= 15 is 0 Å². The highest BCUT2D eigenvalue weighted by molar-refractivity contribution is 6.30. The maximum atomic E-state index is 13.8. The van der Waals surface area contributed by atoms with Gasteiger partial charge in [0.15, 0.2) is 11.5 Å². The molecule has 6 nitrogen and oxygen atoms in total. The smallest absolute Gasteiger partial charge is 0.232 e.